The fourth-order valence-electron chi connectivity index (χ4n) is 3.80. The predicted octanol–water partition coefficient (Wildman–Crippen LogP) is 0.633. The first-order chi connectivity index (χ1) is 8.93. The lowest BCUT2D eigenvalue weighted by Gasteiger charge is -2.45. The van der Waals surface area contributed by atoms with Gasteiger partial charge in [0, 0.05) is 23.6 Å². The molecular weight excluding hydrogens is 238 g/mol. The van der Waals surface area contributed by atoms with Gasteiger partial charge in [-0.15, -0.1) is 0 Å². The van der Waals surface area contributed by atoms with E-state index in [0.29, 0.717) is 11.9 Å². The van der Waals surface area contributed by atoms with Crippen molar-refractivity contribution in [2.24, 2.45) is 27.8 Å². The molecule has 2 unspecified atom stereocenters. The number of guanidine groups is 1. The number of nitrogens with zero attached hydrogens (tertiary/aromatic N) is 1. The molecule has 0 radical (unpaired) electrons. The van der Waals surface area contributed by atoms with E-state index in [4.69, 9.17) is 11.5 Å². The Morgan fingerprint density at radius 1 is 1.37 bits per heavy atom. The molecule has 6 N–H and O–H groups in total. The van der Waals surface area contributed by atoms with E-state index in [1.165, 1.54) is 24.1 Å². The van der Waals surface area contributed by atoms with E-state index in [-0.39, 0.29) is 5.41 Å². The second kappa shape index (κ2) is 4.21. The maximum atomic E-state index is 6.73. The Morgan fingerprint density at radius 2 is 2.16 bits per heavy atom. The monoisotopic (exact) mass is 263 g/mol. The molecule has 3 aliphatic rings. The lowest BCUT2D eigenvalue weighted by atomic mass is 9.70. The highest BCUT2D eigenvalue weighted by atomic mass is 15.2. The molecule has 19 heavy (non-hydrogen) atoms. The van der Waals surface area contributed by atoms with Crippen molar-refractivity contribution in [3.63, 3.8) is 0 Å². The van der Waals surface area contributed by atoms with Gasteiger partial charge in [0.2, 0.25) is 0 Å². The first-order valence-electron chi connectivity index (χ1n) is 7.29. The first kappa shape index (κ1) is 12.9. The summed E-state index contributed by atoms with van der Waals surface area (Å²) in [6.07, 6.45) is 4.47. The lowest BCUT2D eigenvalue weighted by molar-refractivity contribution is 0.277. The highest BCUT2D eigenvalue weighted by Crippen LogP contribution is 2.46. The highest BCUT2D eigenvalue weighted by Gasteiger charge is 2.47. The van der Waals surface area contributed by atoms with Crippen molar-refractivity contribution in [3.8, 4) is 0 Å². The molecule has 2 aliphatic heterocycles. The third-order valence-corrected chi connectivity index (χ3v) is 4.93. The van der Waals surface area contributed by atoms with E-state index in [2.05, 4.69) is 29.5 Å². The average Bonchev–Trinajstić information content (AvgIpc) is 2.84. The van der Waals surface area contributed by atoms with Crippen LogP contribution in [-0.2, 0) is 0 Å². The van der Waals surface area contributed by atoms with Crippen molar-refractivity contribution < 1.29 is 0 Å². The Kier molecular flexibility index (Phi) is 2.87. The van der Waals surface area contributed by atoms with Crippen LogP contribution in [0.4, 0.5) is 0 Å². The van der Waals surface area contributed by atoms with E-state index in [0.717, 1.165) is 25.9 Å². The van der Waals surface area contributed by atoms with Gasteiger partial charge in [-0.2, -0.15) is 0 Å². The van der Waals surface area contributed by atoms with Gasteiger partial charge >= 0.3 is 0 Å². The third-order valence-electron chi connectivity index (χ3n) is 4.93. The normalized spacial score (nSPS) is 37.6. The Labute approximate surface area is 114 Å². The Balaban J connectivity index is 2.06. The van der Waals surface area contributed by atoms with Gasteiger partial charge in [-0.05, 0) is 37.8 Å². The number of allylic oxidation sites excluding steroid dienone is 1. The van der Waals surface area contributed by atoms with Crippen molar-refractivity contribution >= 4 is 5.96 Å². The van der Waals surface area contributed by atoms with E-state index in [1.54, 1.807) is 0 Å². The van der Waals surface area contributed by atoms with Gasteiger partial charge < -0.3 is 22.1 Å². The molecule has 5 heteroatoms. The molecule has 106 valence electrons. The standard InChI is InChI=1S/C14H25N5/c1-13(2)6-3-4-10-11(13)18-12(15)19-14(10,16)9-5-7-17-8-9/h9,17H,3-8,16H2,1-2H3,(H3,15,18,19). The molecule has 2 heterocycles. The molecule has 0 spiro atoms. The first-order valence-corrected chi connectivity index (χ1v) is 7.29. The van der Waals surface area contributed by atoms with Gasteiger partial charge in [0.1, 0.15) is 5.66 Å². The summed E-state index contributed by atoms with van der Waals surface area (Å²) >= 11 is 0. The number of nitrogens with two attached hydrogens (primary N) is 2. The molecule has 5 nitrogen and oxygen atoms in total. The molecule has 3 rings (SSSR count). The molecule has 2 atom stereocenters. The Morgan fingerprint density at radius 3 is 2.84 bits per heavy atom. The molecular formula is C14H25N5. The molecule has 0 bridgehead atoms. The largest absolute Gasteiger partial charge is 0.370 e. The fourth-order valence-corrected chi connectivity index (χ4v) is 3.80. The number of hydrogen-bond acceptors (Lipinski definition) is 5. The molecule has 1 saturated heterocycles. The second-order valence-corrected chi connectivity index (χ2v) is 6.73. The van der Waals surface area contributed by atoms with Crippen molar-refractivity contribution in [2.75, 3.05) is 13.1 Å². The van der Waals surface area contributed by atoms with Crippen LogP contribution in [0.15, 0.2) is 16.3 Å². The summed E-state index contributed by atoms with van der Waals surface area (Å²) in [6, 6.07) is 0. The molecule has 0 aromatic carbocycles. The molecule has 1 fully saturated rings. The number of aliphatic imine (C=N–C) groups is 1. The molecule has 0 aromatic rings. The van der Waals surface area contributed by atoms with Crippen LogP contribution >= 0.6 is 0 Å². The Bertz CT molecular complexity index is 445. The topological polar surface area (TPSA) is 88.5 Å². The van der Waals surface area contributed by atoms with Crippen molar-refractivity contribution in [1.29, 1.82) is 0 Å². The van der Waals surface area contributed by atoms with E-state index in [9.17, 15) is 0 Å². The van der Waals surface area contributed by atoms with Crippen LogP contribution in [0.3, 0.4) is 0 Å². The number of rotatable bonds is 1. The lowest BCUT2D eigenvalue weighted by Crippen LogP contribution is -2.57. The average molecular weight is 263 g/mol. The Hall–Kier alpha value is -1.07. The summed E-state index contributed by atoms with van der Waals surface area (Å²) in [5.74, 6) is 0.829. The summed E-state index contributed by atoms with van der Waals surface area (Å²) in [4.78, 5) is 4.61. The number of hydrogen-bond donors (Lipinski definition) is 4. The minimum atomic E-state index is -0.605. The van der Waals surface area contributed by atoms with E-state index < -0.39 is 5.66 Å². The van der Waals surface area contributed by atoms with Crippen LogP contribution in [-0.4, -0.2) is 24.7 Å². The van der Waals surface area contributed by atoms with Crippen LogP contribution in [0.25, 0.3) is 0 Å². The van der Waals surface area contributed by atoms with Crippen molar-refractivity contribution in [1.82, 2.24) is 10.6 Å². The van der Waals surface area contributed by atoms with E-state index >= 15 is 0 Å². The molecule has 0 saturated carbocycles. The summed E-state index contributed by atoms with van der Waals surface area (Å²) in [6.45, 7) is 6.49. The van der Waals surface area contributed by atoms with Crippen LogP contribution in [0.5, 0.6) is 0 Å². The molecule has 0 amide bonds. The van der Waals surface area contributed by atoms with Gasteiger partial charge in [0.05, 0.1) is 0 Å². The summed E-state index contributed by atoms with van der Waals surface area (Å²) in [7, 11) is 0. The van der Waals surface area contributed by atoms with Crippen LogP contribution in [0, 0.1) is 11.3 Å². The van der Waals surface area contributed by atoms with Crippen LogP contribution in [0.1, 0.15) is 39.5 Å². The quantitative estimate of drug-likeness (QED) is 0.559. The van der Waals surface area contributed by atoms with Crippen LogP contribution in [0.2, 0.25) is 0 Å². The van der Waals surface area contributed by atoms with E-state index in [1.807, 2.05) is 0 Å². The zero-order valence-corrected chi connectivity index (χ0v) is 11.9. The van der Waals surface area contributed by atoms with Gasteiger partial charge in [-0.25, -0.2) is 4.99 Å². The van der Waals surface area contributed by atoms with Crippen LogP contribution < -0.4 is 22.1 Å². The third kappa shape index (κ3) is 1.96. The zero-order chi connectivity index (χ0) is 13.7. The van der Waals surface area contributed by atoms with Gasteiger partial charge in [-0.1, -0.05) is 13.8 Å². The van der Waals surface area contributed by atoms with Gasteiger partial charge in [0.15, 0.2) is 5.96 Å². The summed E-state index contributed by atoms with van der Waals surface area (Å²) in [5, 5.41) is 6.69. The second-order valence-electron chi connectivity index (χ2n) is 6.73. The van der Waals surface area contributed by atoms with Crippen molar-refractivity contribution in [2.45, 2.75) is 45.2 Å². The SMILES string of the molecule is CC1(C)CCCC2=C1NC(N)=NC2(N)C1CCNC1. The maximum Gasteiger partial charge on any atom is 0.195 e. The minimum Gasteiger partial charge on any atom is -0.370 e. The zero-order valence-electron chi connectivity index (χ0n) is 11.9. The fraction of sp³-hybridized carbons (Fsp3) is 0.786. The summed E-state index contributed by atoms with van der Waals surface area (Å²) in [5.41, 5.74) is 14.8. The van der Waals surface area contributed by atoms with Crippen molar-refractivity contribution in [3.05, 3.63) is 11.3 Å². The highest BCUT2D eigenvalue weighted by molar-refractivity contribution is 5.82. The molecule has 0 aromatic heterocycles. The number of nitrogens with one attached hydrogen (secondary N) is 2. The predicted molar refractivity (Wildman–Crippen MR) is 77.3 cm³/mol. The van der Waals surface area contributed by atoms with Gasteiger partial charge in [-0.3, -0.25) is 0 Å². The van der Waals surface area contributed by atoms with Gasteiger partial charge in [0.25, 0.3) is 0 Å². The summed E-state index contributed by atoms with van der Waals surface area (Å²) < 4.78 is 0. The maximum absolute atomic E-state index is 6.73. The smallest absolute Gasteiger partial charge is 0.195 e. The minimum absolute atomic E-state index is 0.116. The molecule has 1 aliphatic carbocycles.